The predicted molar refractivity (Wildman–Crippen MR) is 91.5 cm³/mol. The van der Waals surface area contributed by atoms with Crippen LogP contribution in [0.5, 0.6) is 0 Å². The molecule has 130 valence electrons. The van der Waals surface area contributed by atoms with E-state index in [-0.39, 0.29) is 12.1 Å². The molecule has 2 amide bonds. The second-order valence-electron chi connectivity index (χ2n) is 7.34. The maximum atomic E-state index is 12.6. The quantitative estimate of drug-likeness (QED) is 0.732. The molecule has 0 radical (unpaired) electrons. The van der Waals surface area contributed by atoms with E-state index in [4.69, 9.17) is 4.74 Å². The number of nitrogens with one attached hydrogen (secondary N) is 1. The van der Waals surface area contributed by atoms with Crippen LogP contribution >= 0.6 is 0 Å². The van der Waals surface area contributed by atoms with Crippen molar-refractivity contribution >= 4 is 6.03 Å². The van der Waals surface area contributed by atoms with Crippen LogP contribution in [0, 0.1) is 5.92 Å². The molecule has 5 heteroatoms. The summed E-state index contributed by atoms with van der Waals surface area (Å²) in [5.41, 5.74) is 1.51. The molecule has 0 bridgehead atoms. The Morgan fingerprint density at radius 2 is 2.30 bits per heavy atom. The monoisotopic (exact) mass is 321 g/mol. The summed E-state index contributed by atoms with van der Waals surface area (Å²) >= 11 is 0. The normalized spacial score (nSPS) is 25.3. The van der Waals surface area contributed by atoms with E-state index in [0.717, 1.165) is 45.8 Å². The molecule has 2 fully saturated rings. The average molecular weight is 321 g/mol. The lowest BCUT2D eigenvalue weighted by atomic mass is 10.2. The van der Waals surface area contributed by atoms with Crippen molar-refractivity contribution in [1.82, 2.24) is 15.1 Å². The van der Waals surface area contributed by atoms with Gasteiger partial charge in [0.05, 0.1) is 12.7 Å². The van der Waals surface area contributed by atoms with E-state index in [2.05, 4.69) is 23.3 Å². The predicted octanol–water partition coefficient (Wildman–Crippen LogP) is 2.24. The smallest absolute Gasteiger partial charge is 0.317 e. The molecule has 1 saturated carbocycles. The zero-order chi connectivity index (χ0) is 16.1. The molecule has 1 atom stereocenters. The van der Waals surface area contributed by atoms with Gasteiger partial charge in [0, 0.05) is 32.7 Å². The number of urea groups is 1. The van der Waals surface area contributed by atoms with Gasteiger partial charge >= 0.3 is 6.03 Å². The number of ether oxygens (including phenoxy) is 1. The Balaban J connectivity index is 1.45. The second kappa shape index (κ2) is 8.15. The number of carbonyl (C=O) groups excluding carboxylic acids is 1. The lowest BCUT2D eigenvalue weighted by Crippen LogP contribution is -2.50. The summed E-state index contributed by atoms with van der Waals surface area (Å²) in [6, 6.07) is 0.0901. The molecule has 2 aliphatic carbocycles. The van der Waals surface area contributed by atoms with Crippen LogP contribution in [0.25, 0.3) is 0 Å². The van der Waals surface area contributed by atoms with E-state index in [1.165, 1.54) is 37.7 Å². The molecule has 5 nitrogen and oxygen atoms in total. The number of rotatable bonds is 7. The Bertz CT molecular complexity index is 434. The second-order valence-corrected chi connectivity index (χ2v) is 7.34. The van der Waals surface area contributed by atoms with Crippen LogP contribution in [0.2, 0.25) is 0 Å². The Morgan fingerprint density at radius 3 is 3.00 bits per heavy atom. The largest absolute Gasteiger partial charge is 0.374 e. The molecule has 0 aromatic heterocycles. The van der Waals surface area contributed by atoms with Gasteiger partial charge in [-0.1, -0.05) is 11.6 Å². The van der Waals surface area contributed by atoms with Crippen molar-refractivity contribution in [2.75, 3.05) is 46.4 Å². The molecular formula is C18H31N3O2. The molecule has 23 heavy (non-hydrogen) atoms. The number of nitrogens with zero attached hydrogens (tertiary/aromatic N) is 2. The van der Waals surface area contributed by atoms with Crippen molar-refractivity contribution in [1.29, 1.82) is 0 Å². The standard InChI is InChI=1S/C18H31N3O2/c1-20-10-11-23-17(13-20)14-21(12-16-6-7-16)18(22)19-9-8-15-4-2-3-5-15/h4,16-17H,2-3,5-14H2,1H3,(H,19,22). The van der Waals surface area contributed by atoms with Gasteiger partial charge in [0.1, 0.15) is 0 Å². The van der Waals surface area contributed by atoms with Crippen molar-refractivity contribution in [3.8, 4) is 0 Å². The summed E-state index contributed by atoms with van der Waals surface area (Å²) in [4.78, 5) is 16.8. The number of allylic oxidation sites excluding steroid dienone is 1. The highest BCUT2D eigenvalue weighted by molar-refractivity contribution is 5.74. The first-order valence-electron chi connectivity index (χ1n) is 9.21. The number of hydrogen-bond donors (Lipinski definition) is 1. The summed E-state index contributed by atoms with van der Waals surface area (Å²) < 4.78 is 5.84. The SMILES string of the molecule is CN1CCOC(CN(CC2CC2)C(=O)NCCC2=CCCC2)C1. The summed E-state index contributed by atoms with van der Waals surface area (Å²) in [5.74, 6) is 0.708. The highest BCUT2D eigenvalue weighted by atomic mass is 16.5. The van der Waals surface area contributed by atoms with Gasteiger partial charge in [-0.05, 0) is 51.5 Å². The highest BCUT2D eigenvalue weighted by Gasteiger charge is 2.29. The Hall–Kier alpha value is -1.07. The van der Waals surface area contributed by atoms with Crippen molar-refractivity contribution in [2.24, 2.45) is 5.92 Å². The number of carbonyl (C=O) groups is 1. The molecule has 0 aromatic rings. The van der Waals surface area contributed by atoms with Crippen LogP contribution in [0.4, 0.5) is 4.79 Å². The lowest BCUT2D eigenvalue weighted by molar-refractivity contribution is -0.0308. The molecule has 3 aliphatic rings. The van der Waals surface area contributed by atoms with E-state index in [1.54, 1.807) is 0 Å². The minimum Gasteiger partial charge on any atom is -0.374 e. The topological polar surface area (TPSA) is 44.8 Å². The molecule has 0 spiro atoms. The molecule has 1 saturated heterocycles. The third-order valence-corrected chi connectivity index (χ3v) is 5.09. The first-order chi connectivity index (χ1) is 11.2. The zero-order valence-electron chi connectivity index (χ0n) is 14.4. The van der Waals surface area contributed by atoms with E-state index >= 15 is 0 Å². The number of amides is 2. The van der Waals surface area contributed by atoms with Gasteiger partial charge in [-0.15, -0.1) is 0 Å². The third-order valence-electron chi connectivity index (χ3n) is 5.09. The molecule has 3 rings (SSSR count). The number of likely N-dealkylation sites (N-methyl/N-ethyl adjacent to an activating group) is 1. The fraction of sp³-hybridized carbons (Fsp3) is 0.833. The summed E-state index contributed by atoms with van der Waals surface area (Å²) in [7, 11) is 2.12. The van der Waals surface area contributed by atoms with Crippen molar-refractivity contribution in [3.05, 3.63) is 11.6 Å². The van der Waals surface area contributed by atoms with Crippen LogP contribution < -0.4 is 5.32 Å². The molecule has 1 N–H and O–H groups in total. The summed E-state index contributed by atoms with van der Waals surface area (Å²) in [5, 5.41) is 3.12. The zero-order valence-corrected chi connectivity index (χ0v) is 14.4. The maximum Gasteiger partial charge on any atom is 0.317 e. The molecule has 1 unspecified atom stereocenters. The molecular weight excluding hydrogens is 290 g/mol. The van der Waals surface area contributed by atoms with Gasteiger partial charge in [0.25, 0.3) is 0 Å². The minimum atomic E-state index is 0.0901. The van der Waals surface area contributed by atoms with E-state index < -0.39 is 0 Å². The third kappa shape index (κ3) is 5.50. The van der Waals surface area contributed by atoms with E-state index in [1.807, 2.05) is 4.90 Å². The Morgan fingerprint density at radius 1 is 1.43 bits per heavy atom. The molecule has 0 aromatic carbocycles. The van der Waals surface area contributed by atoms with Gasteiger partial charge in [0.15, 0.2) is 0 Å². The molecule has 1 heterocycles. The minimum absolute atomic E-state index is 0.0901. The number of morpholine rings is 1. The van der Waals surface area contributed by atoms with Crippen LogP contribution in [0.3, 0.4) is 0 Å². The number of hydrogen-bond acceptors (Lipinski definition) is 3. The van der Waals surface area contributed by atoms with Crippen LogP contribution in [0.15, 0.2) is 11.6 Å². The van der Waals surface area contributed by atoms with Crippen molar-refractivity contribution in [3.63, 3.8) is 0 Å². The average Bonchev–Trinajstić information content (AvgIpc) is 3.19. The highest BCUT2D eigenvalue weighted by Crippen LogP contribution is 2.30. The van der Waals surface area contributed by atoms with Crippen molar-refractivity contribution < 1.29 is 9.53 Å². The first kappa shape index (κ1) is 16.8. The van der Waals surface area contributed by atoms with Crippen LogP contribution in [0.1, 0.15) is 38.5 Å². The maximum absolute atomic E-state index is 12.6. The van der Waals surface area contributed by atoms with Crippen LogP contribution in [-0.2, 0) is 4.74 Å². The van der Waals surface area contributed by atoms with Gasteiger partial charge < -0.3 is 19.9 Å². The molecule has 1 aliphatic heterocycles. The van der Waals surface area contributed by atoms with Crippen molar-refractivity contribution in [2.45, 2.75) is 44.6 Å². The van der Waals surface area contributed by atoms with Gasteiger partial charge in [-0.2, -0.15) is 0 Å². The van der Waals surface area contributed by atoms with Gasteiger partial charge in [0.2, 0.25) is 0 Å². The van der Waals surface area contributed by atoms with Gasteiger partial charge in [-0.25, -0.2) is 4.79 Å². The van der Waals surface area contributed by atoms with E-state index in [9.17, 15) is 4.79 Å². The summed E-state index contributed by atoms with van der Waals surface area (Å²) in [6.45, 7) is 5.04. The first-order valence-corrected chi connectivity index (χ1v) is 9.21. The summed E-state index contributed by atoms with van der Waals surface area (Å²) in [6.07, 6.45) is 9.73. The lowest BCUT2D eigenvalue weighted by Gasteiger charge is -2.34. The Labute approximate surface area is 140 Å². The fourth-order valence-corrected chi connectivity index (χ4v) is 3.48. The Kier molecular flexibility index (Phi) is 5.95. The van der Waals surface area contributed by atoms with Crippen LogP contribution in [-0.4, -0.2) is 68.3 Å². The fourth-order valence-electron chi connectivity index (χ4n) is 3.48. The van der Waals surface area contributed by atoms with E-state index in [0.29, 0.717) is 5.92 Å². The van der Waals surface area contributed by atoms with Gasteiger partial charge in [-0.3, -0.25) is 0 Å².